The molecule has 3 nitrogen and oxygen atoms in total. The Morgan fingerprint density at radius 2 is 2.06 bits per heavy atom. The summed E-state index contributed by atoms with van der Waals surface area (Å²) >= 11 is 0. The van der Waals surface area contributed by atoms with Gasteiger partial charge in [-0.05, 0) is 64.6 Å². The van der Waals surface area contributed by atoms with Gasteiger partial charge in [0, 0.05) is 12.1 Å². The molecule has 0 spiro atoms. The Morgan fingerprint density at radius 1 is 1.33 bits per heavy atom. The third-order valence-electron chi connectivity index (χ3n) is 5.19. The van der Waals surface area contributed by atoms with Crippen molar-refractivity contribution in [3.05, 3.63) is 11.8 Å². The molecule has 102 valence electrons. The van der Waals surface area contributed by atoms with Gasteiger partial charge < -0.3 is 15.0 Å². The van der Waals surface area contributed by atoms with E-state index in [0.717, 1.165) is 24.6 Å². The van der Waals surface area contributed by atoms with Crippen molar-refractivity contribution in [2.24, 2.45) is 5.92 Å². The van der Waals surface area contributed by atoms with Gasteiger partial charge in [0.1, 0.15) is 5.76 Å². The number of hydrogen-bond acceptors (Lipinski definition) is 3. The quantitative estimate of drug-likeness (QED) is 0.830. The Kier molecular flexibility index (Phi) is 3.62. The first kappa shape index (κ1) is 12.5. The maximum Gasteiger partial charge on any atom is 0.109 e. The van der Waals surface area contributed by atoms with Gasteiger partial charge in [-0.25, -0.2) is 0 Å². The van der Waals surface area contributed by atoms with Crippen LogP contribution >= 0.6 is 0 Å². The van der Waals surface area contributed by atoms with Crippen molar-refractivity contribution in [1.82, 2.24) is 10.2 Å². The highest BCUT2D eigenvalue weighted by Gasteiger charge is 2.41. The van der Waals surface area contributed by atoms with Gasteiger partial charge in [-0.3, -0.25) is 0 Å². The first-order chi connectivity index (χ1) is 8.79. The summed E-state index contributed by atoms with van der Waals surface area (Å²) in [6, 6.07) is 2.07. The lowest BCUT2D eigenvalue weighted by Gasteiger charge is -2.40. The Labute approximate surface area is 111 Å². The molecule has 3 aliphatic heterocycles. The van der Waals surface area contributed by atoms with Crippen molar-refractivity contribution in [3.63, 3.8) is 0 Å². The molecule has 2 bridgehead atoms. The number of likely N-dealkylation sites (N-methyl/N-ethyl adjacent to an activating group) is 1. The lowest BCUT2D eigenvalue weighted by molar-refractivity contribution is 0.0921. The van der Waals surface area contributed by atoms with Crippen LogP contribution in [0.1, 0.15) is 38.5 Å². The van der Waals surface area contributed by atoms with Crippen LogP contribution in [-0.4, -0.2) is 43.7 Å². The van der Waals surface area contributed by atoms with Crippen molar-refractivity contribution in [2.45, 2.75) is 56.7 Å². The molecule has 0 aromatic rings. The molecule has 3 unspecified atom stereocenters. The summed E-state index contributed by atoms with van der Waals surface area (Å²) in [4.78, 5) is 2.61. The molecule has 3 rings (SSSR count). The highest BCUT2D eigenvalue weighted by atomic mass is 16.5. The molecular formula is C15H26N2O. The van der Waals surface area contributed by atoms with E-state index in [1.165, 1.54) is 44.3 Å². The summed E-state index contributed by atoms with van der Waals surface area (Å²) < 4.78 is 5.89. The maximum atomic E-state index is 5.89. The maximum absolute atomic E-state index is 5.89. The summed E-state index contributed by atoms with van der Waals surface area (Å²) in [6.45, 7) is 0.906. The SMILES string of the molecule is CNC(C1=CCCCO1)C1CC2CCC(C1)N2C. The fourth-order valence-corrected chi connectivity index (χ4v) is 4.13. The van der Waals surface area contributed by atoms with Crippen molar-refractivity contribution < 1.29 is 4.74 Å². The Morgan fingerprint density at radius 3 is 2.61 bits per heavy atom. The van der Waals surface area contributed by atoms with E-state index in [0.29, 0.717) is 6.04 Å². The van der Waals surface area contributed by atoms with Crippen molar-refractivity contribution in [3.8, 4) is 0 Å². The van der Waals surface area contributed by atoms with Gasteiger partial charge in [0.2, 0.25) is 0 Å². The molecule has 0 amide bonds. The molecule has 3 atom stereocenters. The van der Waals surface area contributed by atoms with Crippen LogP contribution in [-0.2, 0) is 4.74 Å². The average molecular weight is 250 g/mol. The smallest absolute Gasteiger partial charge is 0.109 e. The van der Waals surface area contributed by atoms with Crippen LogP contribution in [0.3, 0.4) is 0 Å². The minimum atomic E-state index is 0.446. The number of hydrogen-bond donors (Lipinski definition) is 1. The number of piperidine rings is 1. The first-order valence-electron chi connectivity index (χ1n) is 7.51. The lowest BCUT2D eigenvalue weighted by atomic mass is 9.84. The molecule has 2 fully saturated rings. The fraction of sp³-hybridized carbons (Fsp3) is 0.867. The van der Waals surface area contributed by atoms with Crippen LogP contribution in [0.5, 0.6) is 0 Å². The summed E-state index contributed by atoms with van der Waals surface area (Å²) in [5.41, 5.74) is 0. The normalized spacial score (nSPS) is 38.1. The summed E-state index contributed by atoms with van der Waals surface area (Å²) in [5, 5.41) is 3.51. The summed E-state index contributed by atoms with van der Waals surface area (Å²) in [7, 11) is 4.40. The number of nitrogens with one attached hydrogen (secondary N) is 1. The van der Waals surface area contributed by atoms with Crippen LogP contribution in [0.25, 0.3) is 0 Å². The van der Waals surface area contributed by atoms with Crippen molar-refractivity contribution in [1.29, 1.82) is 0 Å². The van der Waals surface area contributed by atoms with Gasteiger partial charge in [-0.15, -0.1) is 0 Å². The summed E-state index contributed by atoms with van der Waals surface area (Å²) in [6.07, 6.45) is 10.1. The molecule has 18 heavy (non-hydrogen) atoms. The number of nitrogens with zero attached hydrogens (tertiary/aromatic N) is 1. The van der Waals surface area contributed by atoms with Gasteiger partial charge in [0.05, 0.1) is 12.6 Å². The molecule has 3 heteroatoms. The minimum Gasteiger partial charge on any atom is -0.497 e. The van der Waals surface area contributed by atoms with Crippen LogP contribution < -0.4 is 5.32 Å². The summed E-state index contributed by atoms with van der Waals surface area (Å²) in [5.74, 6) is 1.98. The molecule has 0 aromatic heterocycles. The topological polar surface area (TPSA) is 24.5 Å². The molecule has 0 aromatic carbocycles. The number of ether oxygens (including phenoxy) is 1. The molecule has 1 N–H and O–H groups in total. The molecule has 0 aliphatic carbocycles. The number of fused-ring (bicyclic) bond motifs is 2. The van der Waals surface area contributed by atoms with E-state index < -0.39 is 0 Å². The average Bonchev–Trinajstić information content (AvgIpc) is 2.64. The van der Waals surface area contributed by atoms with E-state index >= 15 is 0 Å². The Bertz CT molecular complexity index is 314. The Balaban J connectivity index is 1.71. The Hall–Kier alpha value is -0.540. The van der Waals surface area contributed by atoms with Gasteiger partial charge in [0.25, 0.3) is 0 Å². The number of rotatable bonds is 3. The van der Waals surface area contributed by atoms with E-state index in [1.54, 1.807) is 0 Å². The van der Waals surface area contributed by atoms with Gasteiger partial charge in [-0.2, -0.15) is 0 Å². The monoisotopic (exact) mass is 250 g/mol. The number of allylic oxidation sites excluding steroid dienone is 1. The van der Waals surface area contributed by atoms with Gasteiger partial charge in [-0.1, -0.05) is 0 Å². The largest absolute Gasteiger partial charge is 0.497 e. The third kappa shape index (κ3) is 2.19. The first-order valence-corrected chi connectivity index (χ1v) is 7.51. The standard InChI is InChI=1S/C15H26N2O/c1-16-15(14-5-3-4-8-18-14)11-9-12-6-7-13(10-11)17(12)2/h5,11-13,15-16H,3-4,6-10H2,1-2H3. The fourth-order valence-electron chi connectivity index (χ4n) is 4.13. The molecule has 2 saturated heterocycles. The molecule has 3 aliphatic rings. The van der Waals surface area contributed by atoms with E-state index in [1.807, 2.05) is 0 Å². The lowest BCUT2D eigenvalue weighted by Crippen LogP contribution is -2.47. The zero-order chi connectivity index (χ0) is 12.5. The second kappa shape index (κ2) is 5.22. The van der Waals surface area contributed by atoms with E-state index in [-0.39, 0.29) is 0 Å². The van der Waals surface area contributed by atoms with Crippen molar-refractivity contribution >= 4 is 0 Å². The van der Waals surface area contributed by atoms with E-state index in [4.69, 9.17) is 4.74 Å². The van der Waals surface area contributed by atoms with Crippen LogP contribution in [0.2, 0.25) is 0 Å². The van der Waals surface area contributed by atoms with E-state index in [9.17, 15) is 0 Å². The van der Waals surface area contributed by atoms with Gasteiger partial charge in [0.15, 0.2) is 0 Å². The second-order valence-corrected chi connectivity index (χ2v) is 6.15. The van der Waals surface area contributed by atoms with Crippen LogP contribution in [0.4, 0.5) is 0 Å². The van der Waals surface area contributed by atoms with Crippen LogP contribution in [0.15, 0.2) is 11.8 Å². The van der Waals surface area contributed by atoms with E-state index in [2.05, 4.69) is 30.4 Å². The predicted octanol–water partition coefficient (Wildman–Crippen LogP) is 2.14. The van der Waals surface area contributed by atoms with Crippen LogP contribution in [0, 0.1) is 5.92 Å². The molecular weight excluding hydrogens is 224 g/mol. The third-order valence-corrected chi connectivity index (χ3v) is 5.19. The van der Waals surface area contributed by atoms with Crippen molar-refractivity contribution in [2.75, 3.05) is 20.7 Å². The van der Waals surface area contributed by atoms with Gasteiger partial charge >= 0.3 is 0 Å². The predicted molar refractivity (Wildman–Crippen MR) is 73.4 cm³/mol. The minimum absolute atomic E-state index is 0.446. The zero-order valence-corrected chi connectivity index (χ0v) is 11.7. The molecule has 3 heterocycles. The highest BCUT2D eigenvalue weighted by Crippen LogP contribution is 2.40. The molecule has 0 radical (unpaired) electrons. The highest BCUT2D eigenvalue weighted by molar-refractivity contribution is 5.10. The molecule has 0 saturated carbocycles. The second-order valence-electron chi connectivity index (χ2n) is 6.15. The zero-order valence-electron chi connectivity index (χ0n) is 11.7.